The number of hydrogen-bond acceptors (Lipinski definition) is 2. The zero-order chi connectivity index (χ0) is 11.9. The first-order valence-electron chi connectivity index (χ1n) is 6.28. The molecule has 1 saturated heterocycles. The van der Waals surface area contributed by atoms with Crippen LogP contribution in [0.4, 0.5) is 0 Å². The Bertz CT molecular complexity index is 335. The molecule has 1 aliphatic heterocycles. The molecule has 2 nitrogen and oxygen atoms in total. The van der Waals surface area contributed by atoms with Gasteiger partial charge in [0.2, 0.25) is 0 Å². The van der Waals surface area contributed by atoms with Gasteiger partial charge in [-0.05, 0) is 31.7 Å². The molecule has 0 spiro atoms. The van der Waals surface area contributed by atoms with E-state index in [0.717, 1.165) is 37.1 Å². The van der Waals surface area contributed by atoms with Crippen LogP contribution in [0, 0.1) is 0 Å². The molecule has 1 aliphatic rings. The Labute approximate surface area is 111 Å². The first-order valence-corrected chi connectivity index (χ1v) is 7.40. The molecule has 0 bridgehead atoms. The molecule has 1 unspecified atom stereocenters. The summed E-state index contributed by atoms with van der Waals surface area (Å²) in [6.07, 6.45) is 5.11. The minimum atomic E-state index is 0.477. The highest BCUT2D eigenvalue weighted by atomic mass is 79.9. The molecule has 94 valence electrons. The lowest BCUT2D eigenvalue weighted by molar-refractivity contribution is 0.0981. The molecule has 0 N–H and O–H groups in total. The minimum absolute atomic E-state index is 0.477. The predicted octanol–water partition coefficient (Wildman–Crippen LogP) is 3.92. The van der Waals surface area contributed by atoms with Gasteiger partial charge in [-0.15, -0.1) is 0 Å². The van der Waals surface area contributed by atoms with Gasteiger partial charge in [0.15, 0.2) is 0 Å². The zero-order valence-corrected chi connectivity index (χ0v) is 11.6. The minimum Gasteiger partial charge on any atom is -0.493 e. The molecule has 1 atom stereocenters. The van der Waals surface area contributed by atoms with E-state index in [9.17, 15) is 0 Å². The van der Waals surface area contributed by atoms with Gasteiger partial charge in [0.05, 0.1) is 12.7 Å². The van der Waals surface area contributed by atoms with E-state index in [-0.39, 0.29) is 0 Å². The van der Waals surface area contributed by atoms with Gasteiger partial charge in [0.25, 0.3) is 0 Å². The van der Waals surface area contributed by atoms with E-state index in [2.05, 4.69) is 22.0 Å². The fraction of sp³-hybridized carbons (Fsp3) is 0.571. The number of halogens is 1. The standard InChI is InChI=1S/C14H19BrO2/c15-11-12-5-1-2-8-14(12)17-10-4-7-13-6-3-9-16-13/h1-2,5,8,13H,3-4,6-7,9-11H2. The van der Waals surface area contributed by atoms with E-state index < -0.39 is 0 Å². The Balaban J connectivity index is 1.70. The van der Waals surface area contributed by atoms with Crippen LogP contribution >= 0.6 is 15.9 Å². The molecule has 0 aromatic heterocycles. The van der Waals surface area contributed by atoms with Crippen molar-refractivity contribution in [2.24, 2.45) is 0 Å². The van der Waals surface area contributed by atoms with Crippen molar-refractivity contribution < 1.29 is 9.47 Å². The summed E-state index contributed by atoms with van der Waals surface area (Å²) < 4.78 is 11.4. The Hall–Kier alpha value is -0.540. The molecular formula is C14H19BrO2. The average molecular weight is 299 g/mol. The highest BCUT2D eigenvalue weighted by Crippen LogP contribution is 2.21. The zero-order valence-electron chi connectivity index (χ0n) is 10.0. The first-order chi connectivity index (χ1) is 8.40. The Morgan fingerprint density at radius 1 is 1.35 bits per heavy atom. The molecule has 0 aliphatic carbocycles. The lowest BCUT2D eigenvalue weighted by Gasteiger charge is -2.11. The summed E-state index contributed by atoms with van der Waals surface area (Å²) in [4.78, 5) is 0. The Morgan fingerprint density at radius 3 is 3.00 bits per heavy atom. The van der Waals surface area contributed by atoms with Crippen LogP contribution in [0.5, 0.6) is 5.75 Å². The van der Waals surface area contributed by atoms with Crippen molar-refractivity contribution in [1.82, 2.24) is 0 Å². The van der Waals surface area contributed by atoms with Gasteiger partial charge in [-0.25, -0.2) is 0 Å². The van der Waals surface area contributed by atoms with Crippen LogP contribution in [0.25, 0.3) is 0 Å². The van der Waals surface area contributed by atoms with Crippen molar-refractivity contribution in [2.45, 2.75) is 37.1 Å². The van der Waals surface area contributed by atoms with Crippen molar-refractivity contribution in [3.05, 3.63) is 29.8 Å². The second-order valence-electron chi connectivity index (χ2n) is 4.37. The topological polar surface area (TPSA) is 18.5 Å². The van der Waals surface area contributed by atoms with E-state index in [1.807, 2.05) is 18.2 Å². The summed E-state index contributed by atoms with van der Waals surface area (Å²) in [5.41, 5.74) is 1.21. The van der Waals surface area contributed by atoms with Crippen LogP contribution in [-0.2, 0) is 10.1 Å². The summed E-state index contributed by atoms with van der Waals surface area (Å²) in [6.45, 7) is 1.72. The third-order valence-electron chi connectivity index (χ3n) is 3.07. The normalized spacial score (nSPS) is 19.5. The molecule has 1 aromatic carbocycles. The first kappa shape index (κ1) is 12.9. The van der Waals surface area contributed by atoms with Crippen LogP contribution in [0.2, 0.25) is 0 Å². The molecule has 0 radical (unpaired) electrons. The molecule has 0 amide bonds. The second kappa shape index (κ2) is 7.02. The van der Waals surface area contributed by atoms with Crippen molar-refractivity contribution in [2.75, 3.05) is 13.2 Å². The molecule has 3 heteroatoms. The predicted molar refractivity (Wildman–Crippen MR) is 72.8 cm³/mol. The maximum atomic E-state index is 5.80. The number of para-hydroxylation sites is 1. The van der Waals surface area contributed by atoms with Crippen LogP contribution in [0.3, 0.4) is 0 Å². The van der Waals surface area contributed by atoms with Gasteiger partial charge in [0, 0.05) is 17.5 Å². The average Bonchev–Trinajstić information content (AvgIpc) is 2.88. The number of hydrogen-bond donors (Lipinski definition) is 0. The van der Waals surface area contributed by atoms with Gasteiger partial charge in [0.1, 0.15) is 5.75 Å². The fourth-order valence-corrected chi connectivity index (χ4v) is 2.58. The van der Waals surface area contributed by atoms with Crippen LogP contribution in [0.1, 0.15) is 31.2 Å². The van der Waals surface area contributed by atoms with Gasteiger partial charge in [-0.2, -0.15) is 0 Å². The molecule has 17 heavy (non-hydrogen) atoms. The fourth-order valence-electron chi connectivity index (χ4n) is 2.12. The summed E-state index contributed by atoms with van der Waals surface area (Å²) in [5.74, 6) is 0.997. The molecule has 1 heterocycles. The van der Waals surface area contributed by atoms with Crippen molar-refractivity contribution in [3.8, 4) is 5.75 Å². The smallest absolute Gasteiger partial charge is 0.123 e. The van der Waals surface area contributed by atoms with E-state index in [4.69, 9.17) is 9.47 Å². The SMILES string of the molecule is BrCc1ccccc1OCCCC1CCCO1. The van der Waals surface area contributed by atoms with Gasteiger partial charge in [-0.1, -0.05) is 34.1 Å². The van der Waals surface area contributed by atoms with Crippen molar-refractivity contribution in [1.29, 1.82) is 0 Å². The summed E-state index contributed by atoms with van der Waals surface area (Å²) in [5, 5.41) is 0.842. The van der Waals surface area contributed by atoms with Crippen molar-refractivity contribution in [3.63, 3.8) is 0 Å². The number of alkyl halides is 1. The number of ether oxygens (including phenoxy) is 2. The lowest BCUT2D eigenvalue weighted by Crippen LogP contribution is -2.08. The Kier molecular flexibility index (Phi) is 5.33. The maximum absolute atomic E-state index is 5.80. The summed E-state index contributed by atoms with van der Waals surface area (Å²) >= 11 is 3.47. The molecule has 1 fully saturated rings. The van der Waals surface area contributed by atoms with E-state index in [0.29, 0.717) is 6.10 Å². The summed E-state index contributed by atoms with van der Waals surface area (Å²) in [6, 6.07) is 8.17. The van der Waals surface area contributed by atoms with Crippen LogP contribution < -0.4 is 4.74 Å². The molecular weight excluding hydrogens is 280 g/mol. The highest BCUT2D eigenvalue weighted by molar-refractivity contribution is 9.08. The Morgan fingerprint density at radius 2 is 2.24 bits per heavy atom. The molecule has 0 saturated carbocycles. The van der Waals surface area contributed by atoms with Crippen LogP contribution in [0.15, 0.2) is 24.3 Å². The summed E-state index contributed by atoms with van der Waals surface area (Å²) in [7, 11) is 0. The quantitative estimate of drug-likeness (QED) is 0.585. The maximum Gasteiger partial charge on any atom is 0.123 e. The monoisotopic (exact) mass is 298 g/mol. The van der Waals surface area contributed by atoms with Gasteiger partial charge >= 0.3 is 0 Å². The van der Waals surface area contributed by atoms with E-state index >= 15 is 0 Å². The number of benzene rings is 1. The van der Waals surface area contributed by atoms with Crippen molar-refractivity contribution >= 4 is 15.9 Å². The number of rotatable bonds is 6. The highest BCUT2D eigenvalue weighted by Gasteiger charge is 2.14. The van der Waals surface area contributed by atoms with Gasteiger partial charge in [-0.3, -0.25) is 0 Å². The van der Waals surface area contributed by atoms with Gasteiger partial charge < -0.3 is 9.47 Å². The van der Waals surface area contributed by atoms with Crippen LogP contribution in [-0.4, -0.2) is 19.3 Å². The second-order valence-corrected chi connectivity index (χ2v) is 4.93. The lowest BCUT2D eigenvalue weighted by atomic mass is 10.1. The molecule has 1 aromatic rings. The van der Waals surface area contributed by atoms with E-state index in [1.54, 1.807) is 0 Å². The third kappa shape index (κ3) is 4.00. The van der Waals surface area contributed by atoms with E-state index in [1.165, 1.54) is 18.4 Å². The molecule has 2 rings (SSSR count). The third-order valence-corrected chi connectivity index (χ3v) is 3.67. The largest absolute Gasteiger partial charge is 0.493 e.